The molecule has 0 bridgehead atoms. The molecular formula is C13H20BrNO4S. The topological polar surface area (TPSA) is 75.6 Å². The number of halogens is 1. The van der Waals surface area contributed by atoms with Gasteiger partial charge in [0.1, 0.15) is 10.6 Å². The monoisotopic (exact) mass is 365 g/mol. The maximum atomic E-state index is 12.4. The molecule has 0 amide bonds. The van der Waals surface area contributed by atoms with E-state index >= 15 is 0 Å². The van der Waals surface area contributed by atoms with E-state index in [0.29, 0.717) is 16.8 Å². The van der Waals surface area contributed by atoms with Crippen molar-refractivity contribution in [2.24, 2.45) is 5.92 Å². The second-order valence-electron chi connectivity index (χ2n) is 4.68. The SMILES string of the molecule is CCOc1ccc(Br)cc1S(=O)(=O)NC(CO)C(C)C. The number of sulfonamides is 1. The lowest BCUT2D eigenvalue weighted by molar-refractivity contribution is 0.227. The number of nitrogens with one attached hydrogen (secondary N) is 1. The second kappa shape index (κ2) is 7.40. The molecule has 20 heavy (non-hydrogen) atoms. The largest absolute Gasteiger partial charge is 0.492 e. The summed E-state index contributed by atoms with van der Waals surface area (Å²) in [5.74, 6) is 0.279. The molecule has 0 saturated heterocycles. The van der Waals surface area contributed by atoms with Crippen molar-refractivity contribution in [3.63, 3.8) is 0 Å². The Labute approximate surface area is 128 Å². The molecule has 1 atom stereocenters. The number of benzene rings is 1. The Bertz CT molecular complexity index is 545. The van der Waals surface area contributed by atoms with Gasteiger partial charge >= 0.3 is 0 Å². The molecule has 0 saturated carbocycles. The first-order valence-electron chi connectivity index (χ1n) is 6.37. The van der Waals surface area contributed by atoms with E-state index in [1.807, 2.05) is 13.8 Å². The van der Waals surface area contributed by atoms with E-state index < -0.39 is 16.1 Å². The van der Waals surface area contributed by atoms with Crippen LogP contribution in [-0.2, 0) is 10.0 Å². The predicted octanol–water partition coefficient (Wildman–Crippen LogP) is 2.14. The van der Waals surface area contributed by atoms with Crippen molar-refractivity contribution in [3.05, 3.63) is 22.7 Å². The summed E-state index contributed by atoms with van der Waals surface area (Å²) in [4.78, 5) is 0.0628. The molecule has 1 unspecified atom stereocenters. The molecule has 0 aliphatic heterocycles. The van der Waals surface area contributed by atoms with Gasteiger partial charge in [-0.25, -0.2) is 13.1 Å². The van der Waals surface area contributed by atoms with Crippen LogP contribution in [0.5, 0.6) is 5.75 Å². The molecule has 0 aliphatic rings. The lowest BCUT2D eigenvalue weighted by Gasteiger charge is -2.21. The van der Waals surface area contributed by atoms with Gasteiger partial charge in [-0.2, -0.15) is 0 Å². The smallest absolute Gasteiger partial charge is 0.244 e. The van der Waals surface area contributed by atoms with Gasteiger partial charge in [0.15, 0.2) is 0 Å². The van der Waals surface area contributed by atoms with Gasteiger partial charge in [0.2, 0.25) is 10.0 Å². The van der Waals surface area contributed by atoms with Crippen LogP contribution in [0.2, 0.25) is 0 Å². The number of hydrogen-bond acceptors (Lipinski definition) is 4. The molecule has 2 N–H and O–H groups in total. The molecule has 0 spiro atoms. The van der Waals surface area contributed by atoms with Gasteiger partial charge in [-0.1, -0.05) is 29.8 Å². The van der Waals surface area contributed by atoms with Crippen LogP contribution in [0.25, 0.3) is 0 Å². The Morgan fingerprint density at radius 1 is 1.40 bits per heavy atom. The molecule has 1 aromatic rings. The fourth-order valence-corrected chi connectivity index (χ4v) is 3.67. The molecule has 7 heteroatoms. The molecule has 1 aromatic carbocycles. The van der Waals surface area contributed by atoms with E-state index in [4.69, 9.17) is 4.74 Å². The van der Waals surface area contributed by atoms with Crippen molar-refractivity contribution in [2.75, 3.05) is 13.2 Å². The zero-order valence-electron chi connectivity index (χ0n) is 11.8. The second-order valence-corrected chi connectivity index (χ2v) is 7.28. The summed E-state index contributed by atoms with van der Waals surface area (Å²) in [6, 6.07) is 4.28. The summed E-state index contributed by atoms with van der Waals surface area (Å²) in [5, 5.41) is 9.27. The molecule has 114 valence electrons. The van der Waals surface area contributed by atoms with E-state index in [2.05, 4.69) is 20.7 Å². The minimum atomic E-state index is -3.76. The van der Waals surface area contributed by atoms with Gasteiger partial charge in [-0.05, 0) is 31.0 Å². The van der Waals surface area contributed by atoms with Crippen molar-refractivity contribution < 1.29 is 18.3 Å². The molecule has 0 fully saturated rings. The number of aliphatic hydroxyl groups is 1. The molecule has 0 aliphatic carbocycles. The molecular weight excluding hydrogens is 346 g/mol. The van der Waals surface area contributed by atoms with Crippen molar-refractivity contribution in [1.82, 2.24) is 4.72 Å². The summed E-state index contributed by atoms with van der Waals surface area (Å²) in [7, 11) is -3.76. The van der Waals surface area contributed by atoms with Crippen LogP contribution in [0.4, 0.5) is 0 Å². The summed E-state index contributed by atoms with van der Waals surface area (Å²) in [6.07, 6.45) is 0. The first-order valence-corrected chi connectivity index (χ1v) is 8.65. The fraction of sp³-hybridized carbons (Fsp3) is 0.538. The van der Waals surface area contributed by atoms with Crippen molar-refractivity contribution in [1.29, 1.82) is 0 Å². The highest BCUT2D eigenvalue weighted by Crippen LogP contribution is 2.28. The third kappa shape index (κ3) is 4.44. The van der Waals surface area contributed by atoms with E-state index in [1.165, 1.54) is 6.07 Å². The van der Waals surface area contributed by atoms with Crippen LogP contribution in [0, 0.1) is 5.92 Å². The predicted molar refractivity (Wildman–Crippen MR) is 81.3 cm³/mol. The van der Waals surface area contributed by atoms with Gasteiger partial charge in [0.05, 0.1) is 13.2 Å². The molecule has 0 heterocycles. The van der Waals surface area contributed by atoms with Gasteiger partial charge in [-0.15, -0.1) is 0 Å². The number of rotatable bonds is 7. The maximum Gasteiger partial charge on any atom is 0.244 e. The maximum absolute atomic E-state index is 12.4. The van der Waals surface area contributed by atoms with Crippen LogP contribution in [0.1, 0.15) is 20.8 Å². The average Bonchev–Trinajstić information content (AvgIpc) is 2.38. The molecule has 1 rings (SSSR count). The highest BCUT2D eigenvalue weighted by atomic mass is 79.9. The Morgan fingerprint density at radius 3 is 2.55 bits per heavy atom. The van der Waals surface area contributed by atoms with Crippen molar-refractivity contribution in [2.45, 2.75) is 31.7 Å². The fourth-order valence-electron chi connectivity index (χ4n) is 1.61. The van der Waals surface area contributed by atoms with Gasteiger partial charge in [0.25, 0.3) is 0 Å². The Hall–Kier alpha value is -0.630. The first-order chi connectivity index (χ1) is 9.31. The Kier molecular flexibility index (Phi) is 6.44. The third-order valence-corrected chi connectivity index (χ3v) is 4.81. The van der Waals surface area contributed by atoms with Crippen LogP contribution < -0.4 is 9.46 Å². The number of hydrogen-bond donors (Lipinski definition) is 2. The summed E-state index contributed by atoms with van der Waals surface area (Å²) in [5.41, 5.74) is 0. The highest BCUT2D eigenvalue weighted by Gasteiger charge is 2.25. The van der Waals surface area contributed by atoms with E-state index in [9.17, 15) is 13.5 Å². The minimum Gasteiger partial charge on any atom is -0.492 e. The lowest BCUT2D eigenvalue weighted by Crippen LogP contribution is -2.41. The van der Waals surface area contributed by atoms with E-state index in [-0.39, 0.29) is 17.4 Å². The van der Waals surface area contributed by atoms with Crippen LogP contribution in [0.3, 0.4) is 0 Å². The molecule has 0 radical (unpaired) electrons. The summed E-state index contributed by atoms with van der Waals surface area (Å²) >= 11 is 3.25. The Morgan fingerprint density at radius 2 is 2.05 bits per heavy atom. The number of aliphatic hydroxyl groups excluding tert-OH is 1. The summed E-state index contributed by atoms with van der Waals surface area (Å²) in [6.45, 7) is 5.59. The zero-order valence-corrected chi connectivity index (χ0v) is 14.2. The van der Waals surface area contributed by atoms with Gasteiger partial charge in [0, 0.05) is 10.5 Å². The van der Waals surface area contributed by atoms with E-state index in [1.54, 1.807) is 19.1 Å². The quantitative estimate of drug-likeness (QED) is 0.775. The zero-order chi connectivity index (χ0) is 15.3. The average molecular weight is 366 g/mol. The standard InChI is InChI=1S/C13H20BrNO4S/c1-4-19-12-6-5-10(14)7-13(12)20(17,18)15-11(8-16)9(2)3/h5-7,9,11,15-16H,4,8H2,1-3H3. The van der Waals surface area contributed by atoms with E-state index in [0.717, 1.165) is 0 Å². The van der Waals surface area contributed by atoms with Crippen LogP contribution >= 0.6 is 15.9 Å². The van der Waals surface area contributed by atoms with Gasteiger partial charge < -0.3 is 9.84 Å². The highest BCUT2D eigenvalue weighted by molar-refractivity contribution is 9.10. The first kappa shape index (κ1) is 17.4. The minimum absolute atomic E-state index is 0.0162. The summed E-state index contributed by atoms with van der Waals surface area (Å²) < 4.78 is 33.4. The van der Waals surface area contributed by atoms with Gasteiger partial charge in [-0.3, -0.25) is 0 Å². The Balaban J connectivity index is 3.17. The third-order valence-electron chi connectivity index (χ3n) is 2.80. The van der Waals surface area contributed by atoms with Crippen molar-refractivity contribution >= 4 is 26.0 Å². The normalized spacial score (nSPS) is 13.5. The number of ether oxygens (including phenoxy) is 1. The van der Waals surface area contributed by atoms with Crippen molar-refractivity contribution in [3.8, 4) is 5.75 Å². The van der Waals surface area contributed by atoms with Crippen LogP contribution in [-0.4, -0.2) is 32.8 Å². The molecule has 5 nitrogen and oxygen atoms in total. The molecule has 0 aromatic heterocycles. The lowest BCUT2D eigenvalue weighted by atomic mass is 10.1. The van der Waals surface area contributed by atoms with Crippen LogP contribution in [0.15, 0.2) is 27.6 Å².